The summed E-state index contributed by atoms with van der Waals surface area (Å²) in [6.45, 7) is 3.68. The van der Waals surface area contributed by atoms with Crippen LogP contribution in [0.2, 0.25) is 0 Å². The van der Waals surface area contributed by atoms with Gasteiger partial charge in [-0.3, -0.25) is 15.0 Å². The Hall–Kier alpha value is -2.32. The van der Waals surface area contributed by atoms with Gasteiger partial charge in [-0.1, -0.05) is 18.2 Å². The van der Waals surface area contributed by atoms with Crippen molar-refractivity contribution in [3.05, 3.63) is 69.8 Å². The molecule has 5 nitrogen and oxygen atoms in total. The predicted octanol–water partition coefficient (Wildman–Crippen LogP) is 4.40. The van der Waals surface area contributed by atoms with Crippen LogP contribution in [0.15, 0.2) is 48.5 Å². The van der Waals surface area contributed by atoms with Crippen molar-refractivity contribution in [1.29, 1.82) is 0 Å². The molecule has 3 rings (SSSR count). The lowest BCUT2D eigenvalue weighted by atomic mass is 10.1. The van der Waals surface area contributed by atoms with Crippen LogP contribution in [0, 0.1) is 10.1 Å². The molecule has 0 unspecified atom stereocenters. The highest BCUT2D eigenvalue weighted by Gasteiger charge is 2.31. The smallest absolute Gasteiger partial charge is 0.369 e. The summed E-state index contributed by atoms with van der Waals surface area (Å²) in [5.41, 5.74) is 1.08. The molecule has 152 valence electrons. The zero-order valence-corrected chi connectivity index (χ0v) is 15.9. The SMILES string of the molecule is Cl.O=[N+]([O-])c1ccc(CCN2CCN(c3cccc(C(F)(F)F)c3)CC2)cc1. The van der Waals surface area contributed by atoms with Gasteiger partial charge in [0, 0.05) is 50.5 Å². The highest BCUT2D eigenvalue weighted by molar-refractivity contribution is 5.85. The highest BCUT2D eigenvalue weighted by Crippen LogP contribution is 2.31. The summed E-state index contributed by atoms with van der Waals surface area (Å²) in [5, 5.41) is 10.7. The number of rotatable bonds is 5. The van der Waals surface area contributed by atoms with Crippen LogP contribution >= 0.6 is 12.4 Å². The first kappa shape index (κ1) is 22.0. The van der Waals surface area contributed by atoms with Crippen LogP contribution in [0.1, 0.15) is 11.1 Å². The van der Waals surface area contributed by atoms with E-state index in [1.165, 1.54) is 24.3 Å². The fraction of sp³-hybridized carbons (Fsp3) is 0.368. The first-order valence-electron chi connectivity index (χ1n) is 8.71. The molecule has 1 aliphatic heterocycles. The first-order valence-corrected chi connectivity index (χ1v) is 8.71. The lowest BCUT2D eigenvalue weighted by molar-refractivity contribution is -0.384. The minimum atomic E-state index is -4.33. The number of hydrogen-bond acceptors (Lipinski definition) is 4. The zero-order chi connectivity index (χ0) is 19.4. The third-order valence-electron chi connectivity index (χ3n) is 4.77. The second-order valence-electron chi connectivity index (χ2n) is 6.55. The van der Waals surface area contributed by atoms with E-state index < -0.39 is 16.7 Å². The Labute approximate surface area is 167 Å². The molecule has 1 aliphatic rings. The molecule has 0 spiro atoms. The number of anilines is 1. The standard InChI is InChI=1S/C19H20F3N3O2.ClH/c20-19(21,22)16-2-1-3-18(14-16)24-12-10-23(11-13-24)9-8-15-4-6-17(7-5-15)25(26)27;/h1-7,14H,8-13H2;1H. The molecule has 1 fully saturated rings. The Morgan fingerprint density at radius 3 is 2.21 bits per heavy atom. The Morgan fingerprint density at radius 1 is 1.00 bits per heavy atom. The molecule has 0 amide bonds. The molecule has 0 radical (unpaired) electrons. The monoisotopic (exact) mass is 415 g/mol. The topological polar surface area (TPSA) is 49.6 Å². The number of nitro benzene ring substituents is 1. The Bertz CT molecular complexity index is 792. The van der Waals surface area contributed by atoms with E-state index in [9.17, 15) is 23.3 Å². The van der Waals surface area contributed by atoms with E-state index in [1.54, 1.807) is 18.2 Å². The van der Waals surface area contributed by atoms with E-state index in [0.717, 1.165) is 37.7 Å². The quantitative estimate of drug-likeness (QED) is 0.536. The van der Waals surface area contributed by atoms with Crippen molar-refractivity contribution in [2.24, 2.45) is 0 Å². The summed E-state index contributed by atoms with van der Waals surface area (Å²) < 4.78 is 38.6. The van der Waals surface area contributed by atoms with Gasteiger partial charge in [0.05, 0.1) is 10.5 Å². The molecule has 0 aromatic heterocycles. The molecule has 2 aromatic carbocycles. The minimum Gasteiger partial charge on any atom is -0.369 e. The van der Waals surface area contributed by atoms with Gasteiger partial charge < -0.3 is 4.90 Å². The second kappa shape index (κ2) is 9.25. The van der Waals surface area contributed by atoms with Crippen molar-refractivity contribution in [1.82, 2.24) is 4.90 Å². The van der Waals surface area contributed by atoms with E-state index in [0.29, 0.717) is 18.8 Å². The Kier molecular flexibility index (Phi) is 7.26. The average Bonchev–Trinajstić information content (AvgIpc) is 2.66. The normalized spacial score (nSPS) is 15.2. The van der Waals surface area contributed by atoms with Gasteiger partial charge in [0.25, 0.3) is 5.69 Å². The summed E-state index contributed by atoms with van der Waals surface area (Å²) in [7, 11) is 0. The summed E-state index contributed by atoms with van der Waals surface area (Å²) in [6, 6.07) is 12.0. The lowest BCUT2D eigenvalue weighted by Gasteiger charge is -2.36. The van der Waals surface area contributed by atoms with Crippen molar-refractivity contribution in [2.45, 2.75) is 12.6 Å². The maximum absolute atomic E-state index is 12.9. The molecular formula is C19H21ClF3N3O2. The average molecular weight is 416 g/mol. The molecule has 1 saturated heterocycles. The molecule has 0 saturated carbocycles. The van der Waals surface area contributed by atoms with Gasteiger partial charge in [-0.05, 0) is 30.2 Å². The van der Waals surface area contributed by atoms with Crippen molar-refractivity contribution >= 4 is 23.8 Å². The molecule has 0 bridgehead atoms. The van der Waals surface area contributed by atoms with Crippen LogP contribution in [0.5, 0.6) is 0 Å². The minimum absolute atomic E-state index is 0. The predicted molar refractivity (Wildman–Crippen MR) is 104 cm³/mol. The second-order valence-corrected chi connectivity index (χ2v) is 6.55. The van der Waals surface area contributed by atoms with Crippen molar-refractivity contribution < 1.29 is 18.1 Å². The van der Waals surface area contributed by atoms with Gasteiger partial charge in [0.1, 0.15) is 0 Å². The zero-order valence-electron chi connectivity index (χ0n) is 15.1. The number of nitrogens with zero attached hydrogens (tertiary/aromatic N) is 3. The third kappa shape index (κ3) is 5.59. The van der Waals surface area contributed by atoms with E-state index in [4.69, 9.17) is 0 Å². The largest absolute Gasteiger partial charge is 0.416 e. The third-order valence-corrected chi connectivity index (χ3v) is 4.77. The number of halogens is 4. The van der Waals surface area contributed by atoms with Gasteiger partial charge >= 0.3 is 6.18 Å². The number of hydrogen-bond donors (Lipinski definition) is 0. The van der Waals surface area contributed by atoms with Crippen LogP contribution in [0.25, 0.3) is 0 Å². The molecule has 0 atom stereocenters. The number of benzene rings is 2. The fourth-order valence-corrected chi connectivity index (χ4v) is 3.18. The molecule has 2 aromatic rings. The highest BCUT2D eigenvalue weighted by atomic mass is 35.5. The van der Waals surface area contributed by atoms with Crippen LogP contribution < -0.4 is 4.90 Å². The van der Waals surface area contributed by atoms with E-state index >= 15 is 0 Å². The van der Waals surface area contributed by atoms with Crippen LogP contribution in [0.3, 0.4) is 0 Å². The summed E-state index contributed by atoms with van der Waals surface area (Å²) >= 11 is 0. The molecule has 1 heterocycles. The van der Waals surface area contributed by atoms with E-state index in [1.807, 2.05) is 4.90 Å². The van der Waals surface area contributed by atoms with E-state index in [2.05, 4.69) is 4.90 Å². The number of piperazine rings is 1. The van der Waals surface area contributed by atoms with Gasteiger partial charge in [-0.2, -0.15) is 13.2 Å². The maximum Gasteiger partial charge on any atom is 0.416 e. The van der Waals surface area contributed by atoms with Crippen molar-refractivity contribution in [3.63, 3.8) is 0 Å². The van der Waals surface area contributed by atoms with E-state index in [-0.39, 0.29) is 18.1 Å². The Balaban J connectivity index is 0.00000280. The number of nitro groups is 1. The Morgan fingerprint density at radius 2 is 1.64 bits per heavy atom. The van der Waals surface area contributed by atoms with Gasteiger partial charge in [-0.15, -0.1) is 12.4 Å². The van der Waals surface area contributed by atoms with Gasteiger partial charge in [0.2, 0.25) is 0 Å². The molecule has 9 heteroatoms. The summed E-state index contributed by atoms with van der Waals surface area (Å²) in [6.07, 6.45) is -3.55. The number of alkyl halides is 3. The van der Waals surface area contributed by atoms with Crippen LogP contribution in [-0.4, -0.2) is 42.5 Å². The van der Waals surface area contributed by atoms with Gasteiger partial charge in [0.15, 0.2) is 0 Å². The van der Waals surface area contributed by atoms with Crippen LogP contribution in [0.4, 0.5) is 24.5 Å². The van der Waals surface area contributed by atoms with Gasteiger partial charge in [-0.25, -0.2) is 0 Å². The molecular weight excluding hydrogens is 395 g/mol. The molecule has 0 N–H and O–H groups in total. The maximum atomic E-state index is 12.9. The fourth-order valence-electron chi connectivity index (χ4n) is 3.18. The lowest BCUT2D eigenvalue weighted by Crippen LogP contribution is -2.47. The molecule has 28 heavy (non-hydrogen) atoms. The summed E-state index contributed by atoms with van der Waals surface area (Å²) in [5.74, 6) is 0. The number of non-ortho nitro benzene ring substituents is 1. The van der Waals surface area contributed by atoms with Crippen molar-refractivity contribution in [3.8, 4) is 0 Å². The summed E-state index contributed by atoms with van der Waals surface area (Å²) in [4.78, 5) is 14.5. The van der Waals surface area contributed by atoms with Crippen molar-refractivity contribution in [2.75, 3.05) is 37.6 Å². The first-order chi connectivity index (χ1) is 12.8. The van der Waals surface area contributed by atoms with Crippen LogP contribution in [-0.2, 0) is 12.6 Å². The molecule has 0 aliphatic carbocycles.